The normalized spacial score (nSPS) is 11.8. The standard InChI is InChI=1S/C5H9Cl2N/c1-3-8(2)5(7)4-6/h4H,3H2,1-2H3/b5-4-. The molecule has 0 spiro atoms. The molecule has 3 heteroatoms. The molecule has 0 heterocycles. The molecule has 0 aliphatic heterocycles. The number of hydrogen-bond donors (Lipinski definition) is 0. The Morgan fingerprint density at radius 2 is 2.25 bits per heavy atom. The van der Waals surface area contributed by atoms with Gasteiger partial charge in [0.2, 0.25) is 0 Å². The molecule has 0 radical (unpaired) electrons. The summed E-state index contributed by atoms with van der Waals surface area (Å²) in [5.41, 5.74) is 1.35. The molecule has 48 valence electrons. The molecule has 1 nitrogen and oxygen atoms in total. The van der Waals surface area contributed by atoms with Crippen LogP contribution in [0.4, 0.5) is 0 Å². The molecule has 0 aromatic heterocycles. The van der Waals surface area contributed by atoms with Gasteiger partial charge in [-0.05, 0) is 6.92 Å². The third-order valence-corrected chi connectivity index (χ3v) is 1.65. The van der Waals surface area contributed by atoms with Crippen LogP contribution in [0.25, 0.3) is 0 Å². The van der Waals surface area contributed by atoms with Crippen LogP contribution in [0.15, 0.2) is 10.7 Å². The van der Waals surface area contributed by atoms with Crippen molar-refractivity contribution in [1.82, 2.24) is 4.90 Å². The first kappa shape index (κ1) is 8.12. The summed E-state index contributed by atoms with van der Waals surface area (Å²) >= 11 is 10.9. The minimum absolute atomic E-state index is 0.578. The maximum absolute atomic E-state index is 5.57. The van der Waals surface area contributed by atoms with Gasteiger partial charge in [0.25, 0.3) is 0 Å². The fourth-order valence-electron chi connectivity index (χ4n) is 0.234. The highest BCUT2D eigenvalue weighted by Gasteiger charge is 1.93. The second kappa shape index (κ2) is 4.04. The van der Waals surface area contributed by atoms with Crippen LogP contribution in [0.1, 0.15) is 6.92 Å². The van der Waals surface area contributed by atoms with Gasteiger partial charge in [-0.15, -0.1) is 0 Å². The van der Waals surface area contributed by atoms with E-state index in [9.17, 15) is 0 Å². The number of rotatable bonds is 2. The van der Waals surface area contributed by atoms with Crippen LogP contribution in [0, 0.1) is 0 Å². The van der Waals surface area contributed by atoms with Gasteiger partial charge in [0.05, 0.1) is 0 Å². The van der Waals surface area contributed by atoms with Crippen molar-refractivity contribution < 1.29 is 0 Å². The van der Waals surface area contributed by atoms with E-state index < -0.39 is 0 Å². The Hall–Kier alpha value is 0.120. The van der Waals surface area contributed by atoms with E-state index in [1.165, 1.54) is 5.54 Å². The van der Waals surface area contributed by atoms with Crippen LogP contribution < -0.4 is 0 Å². The van der Waals surface area contributed by atoms with Gasteiger partial charge in [-0.2, -0.15) is 0 Å². The Bertz CT molecular complexity index is 90.4. The van der Waals surface area contributed by atoms with Gasteiger partial charge in [-0.25, -0.2) is 0 Å². The van der Waals surface area contributed by atoms with E-state index in [1.807, 2.05) is 18.9 Å². The van der Waals surface area contributed by atoms with Crippen LogP contribution in [-0.4, -0.2) is 18.5 Å². The third kappa shape index (κ3) is 2.43. The maximum Gasteiger partial charge on any atom is 0.116 e. The topological polar surface area (TPSA) is 3.24 Å². The molecule has 8 heavy (non-hydrogen) atoms. The molecule has 0 amide bonds. The molecular weight excluding hydrogens is 145 g/mol. The van der Waals surface area contributed by atoms with E-state index in [4.69, 9.17) is 23.2 Å². The van der Waals surface area contributed by atoms with Crippen molar-refractivity contribution >= 4 is 23.2 Å². The molecule has 0 bridgehead atoms. The van der Waals surface area contributed by atoms with E-state index in [0.29, 0.717) is 5.16 Å². The first-order valence-electron chi connectivity index (χ1n) is 2.39. The Kier molecular flexibility index (Phi) is 4.11. The summed E-state index contributed by atoms with van der Waals surface area (Å²) in [6.07, 6.45) is 0. The highest BCUT2D eigenvalue weighted by Crippen LogP contribution is 2.06. The summed E-state index contributed by atoms with van der Waals surface area (Å²) in [4.78, 5) is 1.84. The molecular formula is C5H9Cl2N. The van der Waals surface area contributed by atoms with E-state index in [2.05, 4.69) is 0 Å². The van der Waals surface area contributed by atoms with Crippen LogP contribution in [0.2, 0.25) is 0 Å². The van der Waals surface area contributed by atoms with Gasteiger partial charge in [-0.1, -0.05) is 23.2 Å². The molecule has 0 aliphatic carbocycles. The van der Waals surface area contributed by atoms with Crippen molar-refractivity contribution in [2.45, 2.75) is 6.92 Å². The second-order valence-electron chi connectivity index (χ2n) is 1.45. The van der Waals surface area contributed by atoms with E-state index >= 15 is 0 Å². The van der Waals surface area contributed by atoms with Gasteiger partial charge in [-0.3, -0.25) is 0 Å². The van der Waals surface area contributed by atoms with Crippen molar-refractivity contribution in [2.75, 3.05) is 13.6 Å². The summed E-state index contributed by atoms with van der Waals surface area (Å²) in [5, 5.41) is 0.578. The van der Waals surface area contributed by atoms with Crippen LogP contribution in [-0.2, 0) is 0 Å². The lowest BCUT2D eigenvalue weighted by Crippen LogP contribution is -2.12. The smallest absolute Gasteiger partial charge is 0.116 e. The highest BCUT2D eigenvalue weighted by molar-refractivity contribution is 6.36. The average molecular weight is 154 g/mol. The molecule has 0 aromatic carbocycles. The van der Waals surface area contributed by atoms with Gasteiger partial charge in [0.15, 0.2) is 0 Å². The lowest BCUT2D eigenvalue weighted by molar-refractivity contribution is 0.471. The molecule has 0 fully saturated rings. The summed E-state index contributed by atoms with van der Waals surface area (Å²) in [6, 6.07) is 0. The molecule has 0 unspecified atom stereocenters. The maximum atomic E-state index is 5.57. The highest BCUT2D eigenvalue weighted by atomic mass is 35.5. The molecule has 0 saturated carbocycles. The third-order valence-electron chi connectivity index (χ3n) is 0.929. The zero-order valence-corrected chi connectivity index (χ0v) is 6.50. The number of halogens is 2. The largest absolute Gasteiger partial charge is 0.365 e. The predicted octanol–water partition coefficient (Wildman–Crippen LogP) is 2.21. The van der Waals surface area contributed by atoms with Crippen LogP contribution >= 0.6 is 23.2 Å². The molecule has 0 aliphatic rings. The van der Waals surface area contributed by atoms with Crippen molar-refractivity contribution in [3.63, 3.8) is 0 Å². The van der Waals surface area contributed by atoms with Gasteiger partial charge < -0.3 is 4.90 Å². The predicted molar refractivity (Wildman–Crippen MR) is 38.1 cm³/mol. The SMILES string of the molecule is CCN(C)/C(Cl)=C\Cl. The lowest BCUT2D eigenvalue weighted by atomic mass is 10.6. The molecule has 0 aromatic rings. The zero-order chi connectivity index (χ0) is 6.57. The summed E-state index contributed by atoms with van der Waals surface area (Å²) in [5.74, 6) is 0. The molecule has 0 N–H and O–H groups in total. The Labute approximate surface area is 59.9 Å². The molecule has 0 atom stereocenters. The Morgan fingerprint density at radius 1 is 1.75 bits per heavy atom. The quantitative estimate of drug-likeness (QED) is 0.551. The summed E-state index contributed by atoms with van der Waals surface area (Å²) in [7, 11) is 1.88. The average Bonchev–Trinajstić information content (AvgIpc) is 1.84. The zero-order valence-electron chi connectivity index (χ0n) is 4.99. The molecule has 0 rings (SSSR count). The van der Waals surface area contributed by atoms with E-state index in [0.717, 1.165) is 6.54 Å². The summed E-state index contributed by atoms with van der Waals surface area (Å²) < 4.78 is 0. The fraction of sp³-hybridized carbons (Fsp3) is 0.600. The lowest BCUT2D eigenvalue weighted by Gasteiger charge is -2.12. The Morgan fingerprint density at radius 3 is 2.38 bits per heavy atom. The van der Waals surface area contributed by atoms with Crippen molar-refractivity contribution in [3.05, 3.63) is 10.7 Å². The van der Waals surface area contributed by atoms with E-state index in [-0.39, 0.29) is 0 Å². The van der Waals surface area contributed by atoms with Gasteiger partial charge >= 0.3 is 0 Å². The second-order valence-corrected chi connectivity index (χ2v) is 2.05. The number of nitrogens with zero attached hydrogens (tertiary/aromatic N) is 1. The first-order valence-corrected chi connectivity index (χ1v) is 3.20. The Balaban J connectivity index is 3.63. The molecule has 0 saturated heterocycles. The minimum Gasteiger partial charge on any atom is -0.365 e. The number of hydrogen-bond acceptors (Lipinski definition) is 1. The summed E-state index contributed by atoms with van der Waals surface area (Å²) in [6.45, 7) is 2.88. The minimum atomic E-state index is 0.578. The monoisotopic (exact) mass is 153 g/mol. The van der Waals surface area contributed by atoms with E-state index in [1.54, 1.807) is 0 Å². The van der Waals surface area contributed by atoms with Gasteiger partial charge in [0, 0.05) is 19.1 Å². The van der Waals surface area contributed by atoms with Crippen LogP contribution in [0.3, 0.4) is 0 Å². The van der Waals surface area contributed by atoms with Crippen molar-refractivity contribution in [2.24, 2.45) is 0 Å². The first-order chi connectivity index (χ1) is 3.72. The fourth-order valence-corrected chi connectivity index (χ4v) is 0.520. The van der Waals surface area contributed by atoms with Crippen molar-refractivity contribution in [1.29, 1.82) is 0 Å². The van der Waals surface area contributed by atoms with Crippen LogP contribution in [0.5, 0.6) is 0 Å². The van der Waals surface area contributed by atoms with Crippen molar-refractivity contribution in [3.8, 4) is 0 Å². The van der Waals surface area contributed by atoms with Gasteiger partial charge in [0.1, 0.15) is 5.16 Å².